The van der Waals surface area contributed by atoms with Gasteiger partial charge in [0.1, 0.15) is 17.4 Å². The molecule has 0 saturated carbocycles. The Morgan fingerprint density at radius 1 is 1.30 bits per heavy atom. The zero-order valence-electron chi connectivity index (χ0n) is 14.7. The molecule has 1 aromatic carbocycles. The molecule has 1 aliphatic rings. The third kappa shape index (κ3) is 3.69. The van der Waals surface area contributed by atoms with Crippen molar-refractivity contribution in [3.63, 3.8) is 0 Å². The molecule has 8 heteroatoms. The number of piperidine rings is 1. The summed E-state index contributed by atoms with van der Waals surface area (Å²) >= 11 is 0. The van der Waals surface area contributed by atoms with Gasteiger partial charge in [-0.25, -0.2) is 14.4 Å². The van der Waals surface area contributed by atoms with Gasteiger partial charge in [0.15, 0.2) is 11.6 Å². The Kier molecular flexibility index (Phi) is 4.62. The molecule has 1 saturated heterocycles. The molecule has 140 valence electrons. The lowest BCUT2D eigenvalue weighted by atomic mass is 10.1. The van der Waals surface area contributed by atoms with E-state index in [-0.39, 0.29) is 23.8 Å². The van der Waals surface area contributed by atoms with Crippen LogP contribution in [0.3, 0.4) is 0 Å². The second kappa shape index (κ2) is 7.22. The van der Waals surface area contributed by atoms with Crippen LogP contribution in [0.2, 0.25) is 0 Å². The van der Waals surface area contributed by atoms with Gasteiger partial charge >= 0.3 is 6.01 Å². The van der Waals surface area contributed by atoms with Gasteiger partial charge in [0.05, 0.1) is 26.0 Å². The molecule has 7 nitrogen and oxygen atoms in total. The number of amides is 1. The van der Waals surface area contributed by atoms with Gasteiger partial charge in [-0.2, -0.15) is 0 Å². The number of likely N-dealkylation sites (tertiary alicyclic amines) is 1. The van der Waals surface area contributed by atoms with Crippen molar-refractivity contribution >= 4 is 16.9 Å². The number of carbonyl (C=O) groups is 1. The number of halogens is 1. The number of rotatable bonds is 4. The summed E-state index contributed by atoms with van der Waals surface area (Å²) in [6.45, 7) is 1.00. The highest BCUT2D eigenvalue weighted by molar-refractivity contribution is 5.96. The predicted molar refractivity (Wildman–Crippen MR) is 94.3 cm³/mol. The highest BCUT2D eigenvalue weighted by atomic mass is 19.1. The van der Waals surface area contributed by atoms with Crippen LogP contribution in [0.5, 0.6) is 11.8 Å². The molecule has 0 aliphatic carbocycles. The topological polar surface area (TPSA) is 77.7 Å². The van der Waals surface area contributed by atoms with E-state index < -0.39 is 5.82 Å². The molecule has 4 rings (SSSR count). The van der Waals surface area contributed by atoms with Crippen LogP contribution in [0.15, 0.2) is 41.1 Å². The van der Waals surface area contributed by atoms with Crippen LogP contribution in [0.25, 0.3) is 11.0 Å². The largest absolute Gasteiger partial charge is 0.497 e. The Bertz CT molecular complexity index is 957. The average molecular weight is 371 g/mol. The molecule has 1 unspecified atom stereocenters. The van der Waals surface area contributed by atoms with E-state index in [2.05, 4.69) is 9.97 Å². The van der Waals surface area contributed by atoms with Crippen LogP contribution in [-0.2, 0) is 0 Å². The Morgan fingerprint density at radius 2 is 2.11 bits per heavy atom. The minimum Gasteiger partial charge on any atom is -0.497 e. The first-order valence-corrected chi connectivity index (χ1v) is 8.63. The Hall–Kier alpha value is -3.16. The second-order valence-electron chi connectivity index (χ2n) is 6.33. The highest BCUT2D eigenvalue weighted by Gasteiger charge is 2.28. The summed E-state index contributed by atoms with van der Waals surface area (Å²) in [6.07, 6.45) is 3.40. The van der Waals surface area contributed by atoms with Crippen molar-refractivity contribution in [1.82, 2.24) is 14.9 Å². The van der Waals surface area contributed by atoms with E-state index in [1.807, 2.05) is 6.07 Å². The second-order valence-corrected chi connectivity index (χ2v) is 6.33. The number of methoxy groups -OCH3 is 1. The lowest BCUT2D eigenvalue weighted by Crippen LogP contribution is -2.44. The molecule has 2 aromatic heterocycles. The van der Waals surface area contributed by atoms with Gasteiger partial charge in [0.25, 0.3) is 5.91 Å². The van der Waals surface area contributed by atoms with Gasteiger partial charge in [-0.05, 0) is 37.1 Å². The fourth-order valence-corrected chi connectivity index (χ4v) is 3.14. The number of furan rings is 1. The first-order valence-electron chi connectivity index (χ1n) is 8.63. The highest BCUT2D eigenvalue weighted by Crippen LogP contribution is 2.26. The summed E-state index contributed by atoms with van der Waals surface area (Å²) in [5.41, 5.74) is 0.628. The summed E-state index contributed by atoms with van der Waals surface area (Å²) in [4.78, 5) is 22.1. The number of fused-ring (bicyclic) bond motifs is 1. The van der Waals surface area contributed by atoms with Crippen LogP contribution < -0.4 is 9.47 Å². The molecule has 1 fully saturated rings. The number of aromatic nitrogens is 2. The molecule has 27 heavy (non-hydrogen) atoms. The summed E-state index contributed by atoms with van der Waals surface area (Å²) < 4.78 is 29.5. The SMILES string of the molecule is COc1ccc2oc(C(=O)N3CCCC(Oc4ncc(F)cn4)C3)cc2c1. The Morgan fingerprint density at radius 3 is 2.89 bits per heavy atom. The monoisotopic (exact) mass is 371 g/mol. The van der Waals surface area contributed by atoms with Gasteiger partial charge in [-0.15, -0.1) is 0 Å². The van der Waals surface area contributed by atoms with Crippen molar-refractivity contribution in [3.8, 4) is 11.8 Å². The molecule has 1 amide bonds. The third-order valence-corrected chi connectivity index (χ3v) is 4.47. The van der Waals surface area contributed by atoms with Crippen LogP contribution in [0.4, 0.5) is 4.39 Å². The zero-order valence-corrected chi connectivity index (χ0v) is 14.7. The summed E-state index contributed by atoms with van der Waals surface area (Å²) in [6, 6.07) is 7.20. The number of hydrogen-bond acceptors (Lipinski definition) is 6. The first-order chi connectivity index (χ1) is 13.1. The maximum atomic E-state index is 12.9. The van der Waals surface area contributed by atoms with Gasteiger partial charge in [-0.1, -0.05) is 0 Å². The molecular weight excluding hydrogens is 353 g/mol. The first kappa shape index (κ1) is 17.3. The quantitative estimate of drug-likeness (QED) is 0.701. The molecule has 3 heterocycles. The number of benzene rings is 1. The van der Waals surface area contributed by atoms with Gasteiger partial charge < -0.3 is 18.8 Å². The Balaban J connectivity index is 1.47. The molecule has 0 radical (unpaired) electrons. The molecule has 0 N–H and O–H groups in total. The normalized spacial score (nSPS) is 17.1. The minimum atomic E-state index is -0.524. The van der Waals surface area contributed by atoms with Crippen molar-refractivity contribution in [2.24, 2.45) is 0 Å². The molecule has 1 atom stereocenters. The van der Waals surface area contributed by atoms with Crippen molar-refractivity contribution in [3.05, 3.63) is 48.2 Å². The number of hydrogen-bond donors (Lipinski definition) is 0. The van der Waals surface area contributed by atoms with Crippen LogP contribution in [-0.4, -0.2) is 47.1 Å². The fourth-order valence-electron chi connectivity index (χ4n) is 3.14. The fraction of sp³-hybridized carbons (Fsp3) is 0.316. The average Bonchev–Trinajstić information content (AvgIpc) is 3.12. The van der Waals surface area contributed by atoms with Crippen molar-refractivity contribution < 1.29 is 23.1 Å². The van der Waals surface area contributed by atoms with E-state index in [4.69, 9.17) is 13.9 Å². The van der Waals surface area contributed by atoms with E-state index in [0.29, 0.717) is 24.4 Å². The Labute approximate surface area is 154 Å². The van der Waals surface area contributed by atoms with Crippen LogP contribution >= 0.6 is 0 Å². The maximum Gasteiger partial charge on any atom is 0.316 e. The van der Waals surface area contributed by atoms with E-state index >= 15 is 0 Å². The summed E-state index contributed by atoms with van der Waals surface area (Å²) in [7, 11) is 1.59. The smallest absolute Gasteiger partial charge is 0.316 e. The van der Waals surface area contributed by atoms with E-state index in [1.165, 1.54) is 0 Å². The van der Waals surface area contributed by atoms with Crippen molar-refractivity contribution in [2.45, 2.75) is 18.9 Å². The van der Waals surface area contributed by atoms with Crippen molar-refractivity contribution in [1.29, 1.82) is 0 Å². The van der Waals surface area contributed by atoms with Gasteiger partial charge in [0.2, 0.25) is 0 Å². The molecule has 1 aliphatic heterocycles. The lowest BCUT2D eigenvalue weighted by molar-refractivity contribution is 0.0490. The van der Waals surface area contributed by atoms with E-state index in [0.717, 1.165) is 30.6 Å². The van der Waals surface area contributed by atoms with Crippen LogP contribution in [0, 0.1) is 5.82 Å². The number of nitrogens with zero attached hydrogens (tertiary/aromatic N) is 3. The standard InChI is InChI=1S/C19H18FN3O4/c1-25-14-4-5-16-12(7-14)8-17(27-16)18(24)23-6-2-3-15(11-23)26-19-21-9-13(20)10-22-19/h4-5,7-10,15H,2-3,6,11H2,1H3. The number of ether oxygens (including phenoxy) is 2. The zero-order chi connectivity index (χ0) is 18.8. The molecule has 3 aromatic rings. The molecule has 0 bridgehead atoms. The summed E-state index contributed by atoms with van der Waals surface area (Å²) in [5, 5.41) is 0.808. The van der Waals surface area contributed by atoms with Crippen molar-refractivity contribution in [2.75, 3.05) is 20.2 Å². The van der Waals surface area contributed by atoms with Gasteiger partial charge in [-0.3, -0.25) is 4.79 Å². The lowest BCUT2D eigenvalue weighted by Gasteiger charge is -2.31. The number of carbonyl (C=O) groups excluding carboxylic acids is 1. The third-order valence-electron chi connectivity index (χ3n) is 4.47. The maximum absolute atomic E-state index is 12.9. The summed E-state index contributed by atoms with van der Waals surface area (Å²) in [5.74, 6) is 0.257. The van der Waals surface area contributed by atoms with Crippen LogP contribution in [0.1, 0.15) is 23.4 Å². The van der Waals surface area contributed by atoms with E-state index in [1.54, 1.807) is 30.2 Å². The van der Waals surface area contributed by atoms with Gasteiger partial charge in [0, 0.05) is 11.9 Å². The molecular formula is C19H18FN3O4. The predicted octanol–water partition coefficient (Wildman–Crippen LogP) is 3.05. The minimum absolute atomic E-state index is 0.103. The molecule has 0 spiro atoms. The van der Waals surface area contributed by atoms with E-state index in [9.17, 15) is 9.18 Å².